The maximum Gasteiger partial charge on any atom is 0.249 e. The van der Waals surface area contributed by atoms with Gasteiger partial charge in [-0.25, -0.2) is 4.68 Å². The Bertz CT molecular complexity index is 1600. The third-order valence-corrected chi connectivity index (χ3v) is 8.19. The number of carbonyl (C=O) groups is 2. The number of thioether (sulfide) groups is 1. The minimum atomic E-state index is -1.53. The number of para-hydroxylation sites is 1. The van der Waals surface area contributed by atoms with Crippen LogP contribution >= 0.6 is 11.8 Å². The molecule has 0 radical (unpaired) electrons. The summed E-state index contributed by atoms with van der Waals surface area (Å²) in [5.41, 5.74) is 5.06. The average molecular weight is 550 g/mol. The van der Waals surface area contributed by atoms with Crippen molar-refractivity contribution in [2.24, 2.45) is 5.92 Å². The van der Waals surface area contributed by atoms with Gasteiger partial charge in [-0.2, -0.15) is 10.4 Å². The predicted octanol–water partition coefficient (Wildman–Crippen LogP) is 4.94. The highest BCUT2D eigenvalue weighted by Crippen LogP contribution is 2.44. The molecule has 1 unspecified atom stereocenters. The lowest BCUT2D eigenvalue weighted by Crippen LogP contribution is -2.35. The van der Waals surface area contributed by atoms with Gasteiger partial charge in [0.1, 0.15) is 5.69 Å². The molecule has 1 atom stereocenters. The highest BCUT2D eigenvalue weighted by Gasteiger charge is 2.35. The van der Waals surface area contributed by atoms with E-state index in [2.05, 4.69) is 10.2 Å². The zero-order chi connectivity index (χ0) is 27.5. The van der Waals surface area contributed by atoms with Crippen molar-refractivity contribution in [3.8, 4) is 23.0 Å². The molecule has 200 valence electrons. The van der Waals surface area contributed by atoms with Gasteiger partial charge >= 0.3 is 0 Å². The molecule has 9 heteroatoms. The summed E-state index contributed by atoms with van der Waals surface area (Å²) in [5, 5.41) is 17.5. The van der Waals surface area contributed by atoms with Crippen molar-refractivity contribution >= 4 is 29.1 Å². The largest absolute Gasteiger partial charge is 0.379 e. The van der Waals surface area contributed by atoms with Gasteiger partial charge in [0.05, 0.1) is 30.7 Å². The Morgan fingerprint density at radius 2 is 1.80 bits per heavy atom. The number of benzene rings is 3. The number of nitrogens with one attached hydrogen (secondary N) is 1. The van der Waals surface area contributed by atoms with Crippen molar-refractivity contribution < 1.29 is 14.3 Å². The summed E-state index contributed by atoms with van der Waals surface area (Å²) in [6.45, 7) is 3.84. The summed E-state index contributed by atoms with van der Waals surface area (Å²) in [7, 11) is 0. The molecule has 1 fully saturated rings. The van der Waals surface area contributed by atoms with E-state index in [1.165, 1.54) is 0 Å². The molecular formula is C31H27N5O3S. The number of aromatic nitrogens is 2. The smallest absolute Gasteiger partial charge is 0.249 e. The first-order chi connectivity index (χ1) is 19.6. The van der Waals surface area contributed by atoms with Crippen LogP contribution in [0.4, 0.5) is 5.69 Å². The topological polar surface area (TPSA) is 100 Å². The molecule has 0 saturated carbocycles. The second-order valence-electron chi connectivity index (χ2n) is 9.71. The monoisotopic (exact) mass is 549 g/mol. The lowest BCUT2D eigenvalue weighted by molar-refractivity contribution is -0.117. The second kappa shape index (κ2) is 11.5. The Morgan fingerprint density at radius 3 is 2.60 bits per heavy atom. The Balaban J connectivity index is 1.29. The SMILES string of the molecule is N#CC(C(=O)Nc1cccc(CN2CCOCC2)c1)C(=O)c1nn(-c2ccccc2)c2c1CSc1ccccc1-2. The van der Waals surface area contributed by atoms with Crippen LogP contribution < -0.4 is 5.32 Å². The molecule has 8 nitrogen and oxygen atoms in total. The Labute approximate surface area is 236 Å². The number of morpholine rings is 1. The first-order valence-corrected chi connectivity index (χ1v) is 14.1. The van der Waals surface area contributed by atoms with Crippen LogP contribution in [0.5, 0.6) is 0 Å². The van der Waals surface area contributed by atoms with Crippen molar-refractivity contribution in [3.63, 3.8) is 0 Å². The molecule has 40 heavy (non-hydrogen) atoms. The average Bonchev–Trinajstić information content (AvgIpc) is 3.39. The van der Waals surface area contributed by atoms with Gasteiger partial charge in [0.15, 0.2) is 5.92 Å². The summed E-state index contributed by atoms with van der Waals surface area (Å²) < 4.78 is 7.17. The van der Waals surface area contributed by atoms with Crippen molar-refractivity contribution in [1.29, 1.82) is 5.26 Å². The zero-order valence-corrected chi connectivity index (χ0v) is 22.6. The molecule has 2 aliphatic heterocycles. The molecule has 1 amide bonds. The zero-order valence-electron chi connectivity index (χ0n) is 21.7. The number of hydrogen-bond acceptors (Lipinski definition) is 7. The molecule has 3 aromatic carbocycles. The number of nitriles is 1. The van der Waals surface area contributed by atoms with Crippen LogP contribution in [-0.4, -0.2) is 52.7 Å². The molecule has 4 aromatic rings. The molecule has 1 N–H and O–H groups in total. The van der Waals surface area contributed by atoms with Crippen LogP contribution in [0.15, 0.2) is 83.8 Å². The van der Waals surface area contributed by atoms with E-state index < -0.39 is 17.6 Å². The summed E-state index contributed by atoms with van der Waals surface area (Å²) >= 11 is 1.62. The summed E-state index contributed by atoms with van der Waals surface area (Å²) in [6, 6.07) is 27.0. The number of fused-ring (bicyclic) bond motifs is 3. The fourth-order valence-electron chi connectivity index (χ4n) is 5.11. The van der Waals surface area contributed by atoms with Gasteiger partial charge in [-0.1, -0.05) is 48.5 Å². The third kappa shape index (κ3) is 5.17. The highest BCUT2D eigenvalue weighted by molar-refractivity contribution is 7.98. The van der Waals surface area contributed by atoms with Crippen LogP contribution in [0.3, 0.4) is 0 Å². The highest BCUT2D eigenvalue weighted by atomic mass is 32.2. The number of amides is 1. The molecule has 0 spiro atoms. The van der Waals surface area contributed by atoms with Gasteiger partial charge in [-0.3, -0.25) is 14.5 Å². The number of ether oxygens (including phenoxy) is 1. The van der Waals surface area contributed by atoms with Gasteiger partial charge in [0.2, 0.25) is 11.7 Å². The van der Waals surface area contributed by atoms with E-state index in [-0.39, 0.29) is 5.69 Å². The molecule has 1 aromatic heterocycles. The number of ketones is 1. The quantitative estimate of drug-likeness (QED) is 0.258. The molecule has 0 aliphatic carbocycles. The molecule has 6 rings (SSSR count). The third-order valence-electron chi connectivity index (χ3n) is 7.09. The van der Waals surface area contributed by atoms with Crippen molar-refractivity contribution in [2.75, 3.05) is 31.6 Å². The number of rotatable bonds is 7. The molecule has 3 heterocycles. The number of nitrogens with zero attached hydrogens (tertiary/aromatic N) is 4. The summed E-state index contributed by atoms with van der Waals surface area (Å²) in [6.07, 6.45) is 0. The van der Waals surface area contributed by atoms with Crippen molar-refractivity contribution in [3.05, 3.63) is 95.7 Å². The Morgan fingerprint density at radius 1 is 1.02 bits per heavy atom. The standard InChI is InChI=1S/C31H27N5O3S/c32-18-25(31(38)33-22-8-6-7-21(17-22)19-35-13-15-39-16-14-35)30(37)28-26-20-40-27-12-5-4-11-24(27)29(26)36(34-28)23-9-2-1-3-10-23/h1-12,17,25H,13-16,19-20H2,(H,33,38). The van der Waals surface area contributed by atoms with Gasteiger partial charge < -0.3 is 10.1 Å². The predicted molar refractivity (Wildman–Crippen MR) is 153 cm³/mol. The van der Waals surface area contributed by atoms with Gasteiger partial charge in [0, 0.05) is 47.1 Å². The van der Waals surface area contributed by atoms with Gasteiger partial charge in [-0.15, -0.1) is 11.8 Å². The van der Waals surface area contributed by atoms with E-state index in [4.69, 9.17) is 9.84 Å². The summed E-state index contributed by atoms with van der Waals surface area (Å²) in [5.74, 6) is -2.28. The number of carbonyl (C=O) groups excluding carboxylic acids is 2. The van der Waals surface area contributed by atoms with Crippen LogP contribution in [0.1, 0.15) is 21.6 Å². The lowest BCUT2D eigenvalue weighted by Gasteiger charge is -2.26. The van der Waals surface area contributed by atoms with Crippen LogP contribution in [0, 0.1) is 17.2 Å². The lowest BCUT2D eigenvalue weighted by atomic mass is 9.97. The Hall–Kier alpha value is -4.23. The normalized spacial score (nSPS) is 15.4. The van der Waals surface area contributed by atoms with E-state index in [1.807, 2.05) is 78.9 Å². The number of Topliss-reactive ketones (excluding diaryl/α,β-unsaturated/α-hetero) is 1. The van der Waals surface area contributed by atoms with E-state index in [9.17, 15) is 14.9 Å². The van der Waals surface area contributed by atoms with Crippen LogP contribution in [0.25, 0.3) is 16.9 Å². The first kappa shape index (κ1) is 26.0. The van der Waals surface area contributed by atoms with E-state index >= 15 is 0 Å². The van der Waals surface area contributed by atoms with Crippen molar-refractivity contribution in [2.45, 2.75) is 17.2 Å². The fourth-order valence-corrected chi connectivity index (χ4v) is 6.18. The number of hydrogen-bond donors (Lipinski definition) is 1. The molecule has 1 saturated heterocycles. The van der Waals surface area contributed by atoms with E-state index in [0.717, 1.165) is 52.6 Å². The maximum atomic E-state index is 13.8. The van der Waals surface area contributed by atoms with E-state index in [1.54, 1.807) is 22.5 Å². The molecule has 0 bridgehead atoms. The Kier molecular flexibility index (Phi) is 7.47. The summed E-state index contributed by atoms with van der Waals surface area (Å²) in [4.78, 5) is 30.4. The second-order valence-corrected chi connectivity index (χ2v) is 10.7. The number of anilines is 1. The molecule has 2 aliphatic rings. The molecular weight excluding hydrogens is 522 g/mol. The van der Waals surface area contributed by atoms with Crippen molar-refractivity contribution in [1.82, 2.24) is 14.7 Å². The van der Waals surface area contributed by atoms with Gasteiger partial charge in [0.25, 0.3) is 0 Å². The minimum Gasteiger partial charge on any atom is -0.379 e. The first-order valence-electron chi connectivity index (χ1n) is 13.2. The van der Waals surface area contributed by atoms with E-state index in [0.29, 0.717) is 24.7 Å². The fraction of sp³-hybridized carbons (Fsp3) is 0.226. The van der Waals surface area contributed by atoms with Crippen LogP contribution in [0.2, 0.25) is 0 Å². The minimum absolute atomic E-state index is 0.156. The van der Waals surface area contributed by atoms with Crippen LogP contribution in [-0.2, 0) is 21.8 Å². The maximum absolute atomic E-state index is 13.8. The van der Waals surface area contributed by atoms with Gasteiger partial charge in [-0.05, 0) is 35.9 Å².